The Kier molecular flexibility index (Phi) is 6.16. The van der Waals surface area contributed by atoms with Gasteiger partial charge in [-0.05, 0) is 33.6 Å². The molecule has 104 valence electrons. The topological polar surface area (TPSA) is 27.1 Å². The molecule has 1 unspecified atom stereocenters. The number of nitrogens with zero attached hydrogens (tertiary/aromatic N) is 2. The monoisotopic (exact) mass is 272 g/mol. The van der Waals surface area contributed by atoms with Crippen LogP contribution in [0.2, 0.25) is 0 Å². The Hall–Kier alpha value is -0.540. The van der Waals surface area contributed by atoms with Gasteiger partial charge in [0, 0.05) is 11.3 Å². The Balaban J connectivity index is 2.90. The molecule has 0 radical (unpaired) electrons. The molecule has 1 aromatic heterocycles. The minimum absolute atomic E-state index is 0.0228. The molecule has 0 bridgehead atoms. The average molecular weight is 273 g/mol. The number of aryl methyl sites for hydroxylation is 1. The zero-order valence-electron chi connectivity index (χ0n) is 12.2. The summed E-state index contributed by atoms with van der Waals surface area (Å²) in [6.07, 6.45) is 2.15. The minimum Gasteiger partial charge on any atom is -0.377 e. The molecule has 4 heteroatoms. The average Bonchev–Trinajstić information content (AvgIpc) is 2.66. The van der Waals surface area contributed by atoms with E-state index in [1.54, 1.807) is 0 Å². The van der Waals surface area contributed by atoms with Crippen LogP contribution in [-0.2, 0) is 24.1 Å². The second-order valence-corrected chi connectivity index (χ2v) is 5.43. The number of hydrogen-bond donors (Lipinski definition) is 0. The second-order valence-electron chi connectivity index (χ2n) is 4.77. The molecule has 0 fully saturated rings. The predicted molar refractivity (Wildman–Crippen MR) is 76.3 cm³/mol. The Labute approximate surface area is 115 Å². The Bertz CT molecular complexity index is 372. The highest BCUT2D eigenvalue weighted by Crippen LogP contribution is 2.28. The Morgan fingerprint density at radius 2 is 1.89 bits per heavy atom. The van der Waals surface area contributed by atoms with E-state index >= 15 is 0 Å². The second kappa shape index (κ2) is 7.15. The van der Waals surface area contributed by atoms with Crippen LogP contribution in [0.5, 0.6) is 0 Å². The van der Waals surface area contributed by atoms with E-state index in [0.717, 1.165) is 25.1 Å². The third-order valence-electron chi connectivity index (χ3n) is 3.00. The van der Waals surface area contributed by atoms with Crippen LogP contribution in [0.15, 0.2) is 0 Å². The van der Waals surface area contributed by atoms with E-state index in [0.29, 0.717) is 6.61 Å². The zero-order valence-corrected chi connectivity index (χ0v) is 12.9. The fourth-order valence-electron chi connectivity index (χ4n) is 2.22. The molecule has 0 aliphatic rings. The fourth-order valence-corrected chi connectivity index (χ4v) is 2.47. The van der Waals surface area contributed by atoms with Gasteiger partial charge in [-0.15, -0.1) is 11.6 Å². The molecule has 0 aliphatic carbocycles. The SMILES string of the molecule is CCc1nn(CCOC(C)C)c(CC)c1C(C)Cl. The van der Waals surface area contributed by atoms with Crippen molar-refractivity contribution in [3.05, 3.63) is 17.0 Å². The summed E-state index contributed by atoms with van der Waals surface area (Å²) in [5.74, 6) is 0. The molecule has 1 heterocycles. The minimum atomic E-state index is 0.0228. The van der Waals surface area contributed by atoms with E-state index < -0.39 is 0 Å². The summed E-state index contributed by atoms with van der Waals surface area (Å²) in [6.45, 7) is 11.9. The number of rotatable bonds is 7. The third-order valence-corrected chi connectivity index (χ3v) is 3.21. The zero-order chi connectivity index (χ0) is 13.7. The Morgan fingerprint density at radius 3 is 2.33 bits per heavy atom. The summed E-state index contributed by atoms with van der Waals surface area (Å²) in [7, 11) is 0. The lowest BCUT2D eigenvalue weighted by atomic mass is 10.1. The van der Waals surface area contributed by atoms with Crippen molar-refractivity contribution in [3.63, 3.8) is 0 Å². The number of alkyl halides is 1. The largest absolute Gasteiger partial charge is 0.377 e. The molecular formula is C14H25ClN2O. The van der Waals surface area contributed by atoms with Crippen molar-refractivity contribution in [2.45, 2.75) is 65.5 Å². The highest BCUT2D eigenvalue weighted by molar-refractivity contribution is 6.20. The van der Waals surface area contributed by atoms with Crippen LogP contribution in [0.25, 0.3) is 0 Å². The van der Waals surface area contributed by atoms with Gasteiger partial charge in [-0.25, -0.2) is 0 Å². The van der Waals surface area contributed by atoms with Gasteiger partial charge >= 0.3 is 0 Å². The van der Waals surface area contributed by atoms with Crippen molar-refractivity contribution in [1.29, 1.82) is 0 Å². The van der Waals surface area contributed by atoms with E-state index in [1.165, 1.54) is 11.3 Å². The molecule has 0 aliphatic heterocycles. The van der Waals surface area contributed by atoms with Gasteiger partial charge in [-0.2, -0.15) is 5.10 Å². The summed E-state index contributed by atoms with van der Waals surface area (Å²) < 4.78 is 7.66. The smallest absolute Gasteiger partial charge is 0.0671 e. The third kappa shape index (κ3) is 3.72. The summed E-state index contributed by atoms with van der Waals surface area (Å²) in [5, 5.41) is 4.69. The van der Waals surface area contributed by atoms with Gasteiger partial charge in [-0.3, -0.25) is 4.68 Å². The Morgan fingerprint density at radius 1 is 1.22 bits per heavy atom. The van der Waals surface area contributed by atoms with Crippen LogP contribution >= 0.6 is 11.6 Å². The van der Waals surface area contributed by atoms with Crippen LogP contribution in [0, 0.1) is 0 Å². The number of ether oxygens (including phenoxy) is 1. The molecule has 3 nitrogen and oxygen atoms in total. The molecule has 0 saturated carbocycles. The van der Waals surface area contributed by atoms with Gasteiger partial charge in [0.15, 0.2) is 0 Å². The summed E-state index contributed by atoms with van der Waals surface area (Å²) in [4.78, 5) is 0. The van der Waals surface area contributed by atoms with Crippen LogP contribution < -0.4 is 0 Å². The van der Waals surface area contributed by atoms with Crippen molar-refractivity contribution in [3.8, 4) is 0 Å². The van der Waals surface area contributed by atoms with E-state index in [4.69, 9.17) is 16.3 Å². The molecule has 1 aromatic rings. The molecule has 0 spiro atoms. The van der Waals surface area contributed by atoms with Crippen molar-refractivity contribution >= 4 is 11.6 Å². The molecule has 1 atom stereocenters. The van der Waals surface area contributed by atoms with Gasteiger partial charge in [0.2, 0.25) is 0 Å². The summed E-state index contributed by atoms with van der Waals surface area (Å²) in [6, 6.07) is 0. The van der Waals surface area contributed by atoms with Crippen LogP contribution in [0.3, 0.4) is 0 Å². The first-order valence-corrected chi connectivity index (χ1v) is 7.28. The van der Waals surface area contributed by atoms with Gasteiger partial charge in [0.05, 0.1) is 30.3 Å². The lowest BCUT2D eigenvalue weighted by Crippen LogP contribution is -2.13. The molecule has 0 saturated heterocycles. The summed E-state index contributed by atoms with van der Waals surface area (Å²) in [5.41, 5.74) is 3.59. The predicted octanol–water partition coefficient (Wildman–Crippen LogP) is 3.73. The highest BCUT2D eigenvalue weighted by Gasteiger charge is 2.18. The number of halogens is 1. The fraction of sp³-hybridized carbons (Fsp3) is 0.786. The quantitative estimate of drug-likeness (QED) is 0.707. The number of hydrogen-bond acceptors (Lipinski definition) is 2. The van der Waals surface area contributed by atoms with Crippen molar-refractivity contribution in [1.82, 2.24) is 9.78 Å². The lowest BCUT2D eigenvalue weighted by Gasteiger charge is -2.11. The van der Waals surface area contributed by atoms with Crippen LogP contribution in [-0.4, -0.2) is 22.5 Å². The molecule has 18 heavy (non-hydrogen) atoms. The first-order valence-electron chi connectivity index (χ1n) is 6.85. The highest BCUT2D eigenvalue weighted by atomic mass is 35.5. The maximum atomic E-state index is 6.28. The van der Waals surface area contributed by atoms with Crippen LogP contribution in [0.1, 0.15) is 56.9 Å². The normalized spacial score (nSPS) is 13.3. The van der Waals surface area contributed by atoms with E-state index in [-0.39, 0.29) is 11.5 Å². The van der Waals surface area contributed by atoms with Crippen molar-refractivity contribution in [2.75, 3.05) is 6.61 Å². The van der Waals surface area contributed by atoms with Gasteiger partial charge in [-0.1, -0.05) is 13.8 Å². The van der Waals surface area contributed by atoms with Crippen molar-refractivity contribution < 1.29 is 4.74 Å². The molecule has 0 N–H and O–H groups in total. The van der Waals surface area contributed by atoms with Crippen LogP contribution in [0.4, 0.5) is 0 Å². The van der Waals surface area contributed by atoms with Crippen molar-refractivity contribution in [2.24, 2.45) is 0 Å². The number of aromatic nitrogens is 2. The molecule has 0 amide bonds. The maximum absolute atomic E-state index is 6.28. The molecule has 0 aromatic carbocycles. The molecule has 1 rings (SSSR count). The van der Waals surface area contributed by atoms with Gasteiger partial charge in [0.1, 0.15) is 0 Å². The first kappa shape index (κ1) is 15.5. The van der Waals surface area contributed by atoms with E-state index in [1.807, 2.05) is 20.8 Å². The standard InChI is InChI=1S/C14H25ClN2O/c1-6-12-14(11(5)15)13(7-2)17(16-12)8-9-18-10(3)4/h10-11H,6-9H2,1-5H3. The van der Waals surface area contributed by atoms with E-state index in [2.05, 4.69) is 23.6 Å². The van der Waals surface area contributed by atoms with E-state index in [9.17, 15) is 0 Å². The first-order chi connectivity index (χ1) is 8.51. The summed E-state index contributed by atoms with van der Waals surface area (Å²) >= 11 is 6.28. The maximum Gasteiger partial charge on any atom is 0.0671 e. The lowest BCUT2D eigenvalue weighted by molar-refractivity contribution is 0.0705. The molecular weight excluding hydrogens is 248 g/mol. The van der Waals surface area contributed by atoms with Gasteiger partial charge < -0.3 is 4.74 Å². The van der Waals surface area contributed by atoms with Gasteiger partial charge in [0.25, 0.3) is 0 Å².